The lowest BCUT2D eigenvalue weighted by atomic mass is 10.0. The fraction of sp³-hybridized carbons (Fsp3) is 0.667. The highest BCUT2D eigenvalue weighted by atomic mass is 16.6. The number of aryl methyl sites for hydroxylation is 2. The fourth-order valence-electron chi connectivity index (χ4n) is 3.03. The molecule has 23 heavy (non-hydrogen) atoms. The van der Waals surface area contributed by atoms with E-state index in [9.17, 15) is 14.7 Å². The van der Waals surface area contributed by atoms with Gasteiger partial charge in [0, 0.05) is 44.5 Å². The average molecular weight is 324 g/mol. The molecule has 0 bridgehead atoms. The van der Waals surface area contributed by atoms with Crippen LogP contribution in [-0.4, -0.2) is 69.5 Å². The van der Waals surface area contributed by atoms with Gasteiger partial charge in [0.1, 0.15) is 6.04 Å². The molecule has 1 amide bonds. The summed E-state index contributed by atoms with van der Waals surface area (Å²) in [5, 5.41) is 14.0. The van der Waals surface area contributed by atoms with E-state index in [4.69, 9.17) is 4.74 Å². The van der Waals surface area contributed by atoms with Gasteiger partial charge in [-0.25, -0.2) is 4.79 Å². The molecule has 128 valence electrons. The molecule has 1 aliphatic rings. The van der Waals surface area contributed by atoms with Gasteiger partial charge in [-0.05, 0) is 20.8 Å². The van der Waals surface area contributed by atoms with Crippen LogP contribution in [0.15, 0.2) is 0 Å². The van der Waals surface area contributed by atoms with Crippen LogP contribution < -0.4 is 0 Å². The molecular weight excluding hydrogens is 300 g/mol. The van der Waals surface area contributed by atoms with Crippen molar-refractivity contribution in [3.05, 3.63) is 17.0 Å². The van der Waals surface area contributed by atoms with Gasteiger partial charge >= 0.3 is 12.1 Å². The molecule has 1 unspecified atom stereocenters. The summed E-state index contributed by atoms with van der Waals surface area (Å²) in [5.41, 5.74) is 2.32. The van der Waals surface area contributed by atoms with Crippen molar-refractivity contribution in [1.82, 2.24) is 19.6 Å². The van der Waals surface area contributed by atoms with Crippen LogP contribution in [0.4, 0.5) is 4.79 Å². The fourth-order valence-corrected chi connectivity index (χ4v) is 3.03. The van der Waals surface area contributed by atoms with Crippen molar-refractivity contribution in [3.63, 3.8) is 0 Å². The number of ether oxygens (including phenoxy) is 1. The van der Waals surface area contributed by atoms with Crippen LogP contribution in [0.2, 0.25) is 0 Å². The number of carbonyl (C=O) groups is 2. The van der Waals surface area contributed by atoms with Crippen molar-refractivity contribution < 1.29 is 19.4 Å². The lowest BCUT2D eigenvalue weighted by molar-refractivity contribution is -0.144. The summed E-state index contributed by atoms with van der Waals surface area (Å²) in [4.78, 5) is 27.1. The second kappa shape index (κ2) is 6.99. The van der Waals surface area contributed by atoms with Gasteiger partial charge in [0.2, 0.25) is 0 Å². The Morgan fingerprint density at radius 1 is 1.26 bits per heavy atom. The molecule has 1 aromatic rings. The van der Waals surface area contributed by atoms with Gasteiger partial charge in [0.15, 0.2) is 0 Å². The Morgan fingerprint density at radius 3 is 2.30 bits per heavy atom. The standard InChI is InChI=1S/C15H24N4O4/c1-5-23-15(22)19-8-6-18(7-9-19)13(14(20)21)12-10(2)16-17(4)11(12)3/h13H,5-9H2,1-4H3,(H,20,21). The Morgan fingerprint density at radius 2 is 1.87 bits per heavy atom. The van der Waals surface area contributed by atoms with Crippen LogP contribution >= 0.6 is 0 Å². The molecule has 1 aromatic heterocycles. The highest BCUT2D eigenvalue weighted by molar-refractivity contribution is 5.76. The minimum absolute atomic E-state index is 0.338. The number of piperazine rings is 1. The van der Waals surface area contributed by atoms with E-state index in [0.717, 1.165) is 17.0 Å². The van der Waals surface area contributed by atoms with Crippen molar-refractivity contribution in [2.75, 3.05) is 32.8 Å². The summed E-state index contributed by atoms with van der Waals surface area (Å²) in [5.74, 6) is -0.895. The van der Waals surface area contributed by atoms with Crippen molar-refractivity contribution >= 4 is 12.1 Å². The number of hydrogen-bond acceptors (Lipinski definition) is 5. The SMILES string of the molecule is CCOC(=O)N1CCN(C(C(=O)O)c2c(C)nn(C)c2C)CC1. The maximum Gasteiger partial charge on any atom is 0.409 e. The van der Waals surface area contributed by atoms with Crippen LogP contribution in [0.25, 0.3) is 0 Å². The highest BCUT2D eigenvalue weighted by Crippen LogP contribution is 2.28. The predicted octanol–water partition coefficient (Wildman–Crippen LogP) is 0.937. The van der Waals surface area contributed by atoms with E-state index in [1.54, 1.807) is 16.5 Å². The topological polar surface area (TPSA) is 87.9 Å². The average Bonchev–Trinajstić information content (AvgIpc) is 2.75. The van der Waals surface area contributed by atoms with Crippen LogP contribution in [0, 0.1) is 13.8 Å². The van der Waals surface area contributed by atoms with Crippen LogP contribution in [-0.2, 0) is 16.6 Å². The zero-order valence-electron chi connectivity index (χ0n) is 14.1. The van der Waals surface area contributed by atoms with Gasteiger partial charge in [0.05, 0.1) is 12.3 Å². The van der Waals surface area contributed by atoms with Crippen molar-refractivity contribution in [1.29, 1.82) is 0 Å². The first-order valence-electron chi connectivity index (χ1n) is 7.75. The Labute approximate surface area is 135 Å². The molecule has 0 aromatic carbocycles. The summed E-state index contributed by atoms with van der Waals surface area (Å²) in [6, 6.07) is -0.743. The van der Waals surface area contributed by atoms with E-state index in [2.05, 4.69) is 5.10 Å². The highest BCUT2D eigenvalue weighted by Gasteiger charge is 2.35. The Bertz CT molecular complexity index is 591. The Hall–Kier alpha value is -2.09. The second-order valence-corrected chi connectivity index (χ2v) is 5.67. The normalized spacial score (nSPS) is 17.1. The molecule has 0 aliphatic carbocycles. The Balaban J connectivity index is 2.15. The summed E-state index contributed by atoms with van der Waals surface area (Å²) < 4.78 is 6.69. The van der Waals surface area contributed by atoms with Gasteiger partial charge < -0.3 is 14.7 Å². The third-order valence-electron chi connectivity index (χ3n) is 4.28. The minimum Gasteiger partial charge on any atom is -0.480 e. The number of rotatable bonds is 4. The van der Waals surface area contributed by atoms with Crippen molar-refractivity contribution in [2.24, 2.45) is 7.05 Å². The van der Waals surface area contributed by atoms with Gasteiger partial charge in [-0.3, -0.25) is 14.4 Å². The van der Waals surface area contributed by atoms with Gasteiger partial charge in [-0.1, -0.05) is 0 Å². The van der Waals surface area contributed by atoms with Crippen LogP contribution in [0.1, 0.15) is 29.9 Å². The summed E-state index contributed by atoms with van der Waals surface area (Å²) in [6.45, 7) is 7.70. The molecule has 2 rings (SSSR count). The maximum absolute atomic E-state index is 11.8. The number of amides is 1. The van der Waals surface area contributed by atoms with Crippen LogP contribution in [0.3, 0.4) is 0 Å². The summed E-state index contributed by atoms with van der Waals surface area (Å²) in [7, 11) is 1.81. The van der Waals surface area contributed by atoms with Gasteiger partial charge in [-0.2, -0.15) is 5.10 Å². The maximum atomic E-state index is 11.8. The molecule has 0 saturated carbocycles. The first-order valence-corrected chi connectivity index (χ1v) is 7.75. The molecule has 1 atom stereocenters. The van der Waals surface area contributed by atoms with Gasteiger partial charge in [-0.15, -0.1) is 0 Å². The number of carboxylic acid groups (broad SMARTS) is 1. The van der Waals surface area contributed by atoms with E-state index in [-0.39, 0.29) is 6.09 Å². The number of aliphatic carboxylic acids is 1. The third-order valence-corrected chi connectivity index (χ3v) is 4.28. The molecule has 1 aliphatic heterocycles. The second-order valence-electron chi connectivity index (χ2n) is 5.67. The molecule has 0 radical (unpaired) electrons. The lowest BCUT2D eigenvalue weighted by Crippen LogP contribution is -2.51. The van der Waals surface area contributed by atoms with Crippen molar-refractivity contribution in [2.45, 2.75) is 26.8 Å². The smallest absolute Gasteiger partial charge is 0.409 e. The lowest BCUT2D eigenvalue weighted by Gasteiger charge is -2.37. The summed E-state index contributed by atoms with van der Waals surface area (Å²) >= 11 is 0. The zero-order chi connectivity index (χ0) is 17.1. The molecule has 0 spiro atoms. The molecule has 8 nitrogen and oxygen atoms in total. The van der Waals surface area contributed by atoms with E-state index in [0.29, 0.717) is 32.8 Å². The first kappa shape index (κ1) is 17.3. The van der Waals surface area contributed by atoms with Crippen molar-refractivity contribution in [3.8, 4) is 0 Å². The van der Waals surface area contributed by atoms with E-state index in [1.165, 1.54) is 0 Å². The quantitative estimate of drug-likeness (QED) is 0.887. The minimum atomic E-state index is -0.895. The number of aromatic nitrogens is 2. The number of nitrogens with zero attached hydrogens (tertiary/aromatic N) is 4. The zero-order valence-corrected chi connectivity index (χ0v) is 14.1. The summed E-state index contributed by atoms with van der Waals surface area (Å²) in [6.07, 6.45) is -0.340. The number of carboxylic acids is 1. The van der Waals surface area contributed by atoms with E-state index < -0.39 is 12.0 Å². The molecule has 1 N–H and O–H groups in total. The monoisotopic (exact) mass is 324 g/mol. The molecule has 1 fully saturated rings. The Kier molecular flexibility index (Phi) is 5.25. The third kappa shape index (κ3) is 3.47. The molecular formula is C15H24N4O4. The van der Waals surface area contributed by atoms with E-state index >= 15 is 0 Å². The number of hydrogen-bond donors (Lipinski definition) is 1. The first-order chi connectivity index (χ1) is 10.9. The van der Waals surface area contributed by atoms with Crippen LogP contribution in [0.5, 0.6) is 0 Å². The predicted molar refractivity (Wildman–Crippen MR) is 83.2 cm³/mol. The van der Waals surface area contributed by atoms with Gasteiger partial charge in [0.25, 0.3) is 0 Å². The molecule has 8 heteroatoms. The number of carbonyl (C=O) groups excluding carboxylic acids is 1. The molecule has 1 saturated heterocycles. The largest absolute Gasteiger partial charge is 0.480 e. The molecule has 2 heterocycles. The van der Waals surface area contributed by atoms with E-state index in [1.807, 2.05) is 25.8 Å².